The summed E-state index contributed by atoms with van der Waals surface area (Å²) in [5.41, 5.74) is 5.37. The van der Waals surface area contributed by atoms with Crippen molar-refractivity contribution in [3.05, 3.63) is 64.8 Å². The van der Waals surface area contributed by atoms with Crippen LogP contribution in [0.15, 0.2) is 42.5 Å². The second-order valence-electron chi connectivity index (χ2n) is 6.02. The van der Waals surface area contributed by atoms with Crippen LogP contribution in [0, 0.1) is 20.8 Å². The number of nitrogens with zero attached hydrogens (tertiary/aromatic N) is 1. The van der Waals surface area contributed by atoms with Gasteiger partial charge in [-0.3, -0.25) is 9.59 Å². The van der Waals surface area contributed by atoms with Gasteiger partial charge in [0.15, 0.2) is 6.29 Å². The summed E-state index contributed by atoms with van der Waals surface area (Å²) in [6, 6.07) is 13.5. The van der Waals surface area contributed by atoms with Crippen molar-refractivity contribution in [2.75, 3.05) is 5.32 Å². The van der Waals surface area contributed by atoms with E-state index in [4.69, 9.17) is 0 Å². The number of carbonyl (C=O) groups is 2. The number of para-hydroxylation sites is 1. The van der Waals surface area contributed by atoms with Crippen LogP contribution in [0.3, 0.4) is 0 Å². The molecule has 4 nitrogen and oxygen atoms in total. The molecule has 2 aromatic carbocycles. The Kier molecular flexibility index (Phi) is 4.21. The molecule has 122 valence electrons. The lowest BCUT2D eigenvalue weighted by molar-refractivity contribution is -0.116. The van der Waals surface area contributed by atoms with Gasteiger partial charge in [-0.1, -0.05) is 30.3 Å². The van der Waals surface area contributed by atoms with Crippen molar-refractivity contribution in [2.45, 2.75) is 27.3 Å². The third-order valence-corrected chi connectivity index (χ3v) is 4.58. The van der Waals surface area contributed by atoms with E-state index < -0.39 is 0 Å². The van der Waals surface area contributed by atoms with Gasteiger partial charge in [-0.2, -0.15) is 0 Å². The normalized spacial score (nSPS) is 10.8. The fourth-order valence-electron chi connectivity index (χ4n) is 3.03. The number of benzene rings is 2. The van der Waals surface area contributed by atoms with Gasteiger partial charge in [0.2, 0.25) is 5.91 Å². The summed E-state index contributed by atoms with van der Waals surface area (Å²) in [6.45, 7) is 6.05. The molecule has 1 heterocycles. The maximum Gasteiger partial charge on any atom is 0.244 e. The minimum Gasteiger partial charge on any atom is -0.335 e. The summed E-state index contributed by atoms with van der Waals surface area (Å²) in [7, 11) is 0. The summed E-state index contributed by atoms with van der Waals surface area (Å²) in [5.74, 6) is -0.106. The van der Waals surface area contributed by atoms with Crippen molar-refractivity contribution in [1.82, 2.24) is 4.57 Å². The van der Waals surface area contributed by atoms with Crippen LogP contribution in [0.2, 0.25) is 0 Å². The molecule has 0 bridgehead atoms. The zero-order valence-corrected chi connectivity index (χ0v) is 14.1. The molecule has 0 spiro atoms. The molecule has 3 rings (SSSR count). The number of aromatic nitrogens is 1. The number of amides is 1. The fraction of sp³-hybridized carbons (Fsp3) is 0.200. The van der Waals surface area contributed by atoms with E-state index in [1.807, 2.05) is 67.8 Å². The maximum atomic E-state index is 12.5. The van der Waals surface area contributed by atoms with Crippen LogP contribution in [0.1, 0.15) is 27.2 Å². The molecule has 0 fully saturated rings. The standard InChI is InChI=1S/C20H20N2O2/c1-13-7-6-9-18(14(13)2)21-20(24)11-22-15(3)17(12-23)16-8-4-5-10-19(16)22/h4-10,12H,11H2,1-3H3,(H,21,24). The quantitative estimate of drug-likeness (QED) is 0.738. The molecule has 1 amide bonds. The number of aldehydes is 1. The molecule has 0 unspecified atom stereocenters. The minimum absolute atomic E-state index is 0.106. The molecule has 3 aromatic rings. The number of carbonyl (C=O) groups excluding carboxylic acids is 2. The summed E-state index contributed by atoms with van der Waals surface area (Å²) in [4.78, 5) is 23.9. The van der Waals surface area contributed by atoms with Gasteiger partial charge >= 0.3 is 0 Å². The van der Waals surface area contributed by atoms with E-state index in [1.54, 1.807) is 0 Å². The molecule has 0 aliphatic heterocycles. The van der Waals surface area contributed by atoms with Gasteiger partial charge in [0, 0.05) is 27.8 Å². The largest absolute Gasteiger partial charge is 0.335 e. The van der Waals surface area contributed by atoms with Crippen LogP contribution in [-0.2, 0) is 11.3 Å². The average Bonchev–Trinajstić information content (AvgIpc) is 2.84. The van der Waals surface area contributed by atoms with Gasteiger partial charge < -0.3 is 9.88 Å². The predicted molar refractivity (Wildman–Crippen MR) is 96.6 cm³/mol. The Morgan fingerprint density at radius 3 is 2.58 bits per heavy atom. The van der Waals surface area contributed by atoms with Gasteiger partial charge in [0.1, 0.15) is 6.54 Å². The molecule has 24 heavy (non-hydrogen) atoms. The SMILES string of the molecule is Cc1cccc(NC(=O)Cn2c(C)c(C=O)c3ccccc32)c1C. The van der Waals surface area contributed by atoms with Crippen LogP contribution in [0.5, 0.6) is 0 Å². The molecule has 0 radical (unpaired) electrons. The molecule has 0 aliphatic rings. The highest BCUT2D eigenvalue weighted by Crippen LogP contribution is 2.25. The maximum absolute atomic E-state index is 12.5. The van der Waals surface area contributed by atoms with E-state index in [9.17, 15) is 9.59 Å². The van der Waals surface area contributed by atoms with E-state index in [-0.39, 0.29) is 12.5 Å². The topological polar surface area (TPSA) is 51.1 Å². The summed E-state index contributed by atoms with van der Waals surface area (Å²) in [5, 5.41) is 3.85. The Hall–Kier alpha value is -2.88. The lowest BCUT2D eigenvalue weighted by Gasteiger charge is -2.12. The second kappa shape index (κ2) is 6.32. The van der Waals surface area contributed by atoms with E-state index in [2.05, 4.69) is 5.32 Å². The molecule has 0 aliphatic carbocycles. The van der Waals surface area contributed by atoms with Gasteiger partial charge in [0.05, 0.1) is 0 Å². The summed E-state index contributed by atoms with van der Waals surface area (Å²) >= 11 is 0. The first-order valence-electron chi connectivity index (χ1n) is 7.92. The van der Waals surface area contributed by atoms with E-state index in [1.165, 1.54) is 0 Å². The van der Waals surface area contributed by atoms with Crippen LogP contribution in [-0.4, -0.2) is 16.8 Å². The number of hydrogen-bond acceptors (Lipinski definition) is 2. The van der Waals surface area contributed by atoms with Gasteiger partial charge in [-0.05, 0) is 44.0 Å². The Balaban J connectivity index is 1.93. The molecule has 1 aromatic heterocycles. The van der Waals surface area contributed by atoms with Crippen LogP contribution in [0.4, 0.5) is 5.69 Å². The third kappa shape index (κ3) is 2.71. The van der Waals surface area contributed by atoms with E-state index in [0.29, 0.717) is 5.56 Å². The zero-order chi connectivity index (χ0) is 17.3. The van der Waals surface area contributed by atoms with Crippen LogP contribution in [0.25, 0.3) is 10.9 Å². The Morgan fingerprint density at radius 2 is 1.83 bits per heavy atom. The fourth-order valence-corrected chi connectivity index (χ4v) is 3.03. The lowest BCUT2D eigenvalue weighted by atomic mass is 10.1. The van der Waals surface area contributed by atoms with Crippen LogP contribution < -0.4 is 5.32 Å². The highest BCUT2D eigenvalue weighted by atomic mass is 16.2. The first-order valence-corrected chi connectivity index (χ1v) is 7.92. The highest BCUT2D eigenvalue weighted by Gasteiger charge is 2.15. The van der Waals surface area contributed by atoms with Gasteiger partial charge in [0.25, 0.3) is 0 Å². The number of hydrogen-bond donors (Lipinski definition) is 1. The van der Waals surface area contributed by atoms with Crippen molar-refractivity contribution in [3.63, 3.8) is 0 Å². The number of rotatable bonds is 4. The molecule has 4 heteroatoms. The van der Waals surface area contributed by atoms with Crippen LogP contribution >= 0.6 is 0 Å². The van der Waals surface area contributed by atoms with Crippen molar-refractivity contribution < 1.29 is 9.59 Å². The summed E-state index contributed by atoms with van der Waals surface area (Å²) in [6.07, 6.45) is 0.858. The highest BCUT2D eigenvalue weighted by molar-refractivity contribution is 6.00. The van der Waals surface area contributed by atoms with Crippen molar-refractivity contribution in [1.29, 1.82) is 0 Å². The molecular formula is C20H20N2O2. The Morgan fingerprint density at radius 1 is 1.08 bits per heavy atom. The number of anilines is 1. The molecular weight excluding hydrogens is 300 g/mol. The predicted octanol–water partition coefficient (Wildman–Crippen LogP) is 4.02. The Labute approximate surface area is 141 Å². The van der Waals surface area contributed by atoms with Crippen molar-refractivity contribution in [3.8, 4) is 0 Å². The molecule has 1 N–H and O–H groups in total. The van der Waals surface area contributed by atoms with E-state index in [0.717, 1.165) is 39.7 Å². The summed E-state index contributed by atoms with van der Waals surface area (Å²) < 4.78 is 1.89. The van der Waals surface area contributed by atoms with E-state index >= 15 is 0 Å². The number of aryl methyl sites for hydroxylation is 1. The minimum atomic E-state index is -0.106. The van der Waals surface area contributed by atoms with Gasteiger partial charge in [-0.15, -0.1) is 0 Å². The smallest absolute Gasteiger partial charge is 0.244 e. The van der Waals surface area contributed by atoms with Crippen molar-refractivity contribution in [2.24, 2.45) is 0 Å². The Bertz CT molecular complexity index is 938. The lowest BCUT2D eigenvalue weighted by Crippen LogP contribution is -2.20. The number of nitrogens with one attached hydrogen (secondary N) is 1. The average molecular weight is 320 g/mol. The molecule has 0 saturated heterocycles. The molecule has 0 atom stereocenters. The second-order valence-corrected chi connectivity index (χ2v) is 6.02. The van der Waals surface area contributed by atoms with Gasteiger partial charge in [-0.25, -0.2) is 0 Å². The third-order valence-electron chi connectivity index (χ3n) is 4.58. The zero-order valence-electron chi connectivity index (χ0n) is 14.1. The first-order chi connectivity index (χ1) is 11.5. The number of fused-ring (bicyclic) bond motifs is 1. The molecule has 0 saturated carbocycles. The monoisotopic (exact) mass is 320 g/mol. The first kappa shape index (κ1) is 16.0. The van der Waals surface area contributed by atoms with Crippen molar-refractivity contribution >= 4 is 28.8 Å².